The fourth-order valence-electron chi connectivity index (χ4n) is 3.85. The number of anilines is 1. The molecule has 1 atom stereocenters. The first-order valence-corrected chi connectivity index (χ1v) is 10.2. The van der Waals surface area contributed by atoms with Gasteiger partial charge in [0.05, 0.1) is 18.9 Å². The highest BCUT2D eigenvalue weighted by molar-refractivity contribution is 5.90. The minimum Gasteiger partial charge on any atom is -0.466 e. The summed E-state index contributed by atoms with van der Waals surface area (Å²) in [5.41, 5.74) is 1.51. The van der Waals surface area contributed by atoms with Crippen molar-refractivity contribution in [3.63, 3.8) is 0 Å². The molecule has 2 fully saturated rings. The fourth-order valence-corrected chi connectivity index (χ4v) is 3.85. The van der Waals surface area contributed by atoms with Crippen LogP contribution < -0.4 is 5.32 Å². The lowest BCUT2D eigenvalue weighted by Crippen LogP contribution is -2.47. The van der Waals surface area contributed by atoms with E-state index in [0.29, 0.717) is 25.4 Å². The van der Waals surface area contributed by atoms with Gasteiger partial charge in [0.1, 0.15) is 0 Å². The van der Waals surface area contributed by atoms with Crippen molar-refractivity contribution in [3.05, 3.63) is 29.8 Å². The summed E-state index contributed by atoms with van der Waals surface area (Å²) < 4.78 is 4.94. The van der Waals surface area contributed by atoms with E-state index in [9.17, 15) is 14.4 Å². The number of hydrogen-bond donors (Lipinski definition) is 1. The van der Waals surface area contributed by atoms with Gasteiger partial charge in [-0.2, -0.15) is 0 Å². The van der Waals surface area contributed by atoms with Crippen LogP contribution in [0.3, 0.4) is 0 Å². The highest BCUT2D eigenvalue weighted by Crippen LogP contribution is 2.22. The first kappa shape index (κ1) is 20.2. The normalized spacial score (nSPS) is 19.4. The van der Waals surface area contributed by atoms with E-state index in [0.717, 1.165) is 44.3 Å². The number of hydrogen-bond acceptors (Lipinski definition) is 4. The molecule has 1 unspecified atom stereocenters. The average molecular weight is 387 g/mol. The number of carbonyl (C=O) groups excluding carboxylic acids is 3. The molecule has 2 heterocycles. The van der Waals surface area contributed by atoms with Gasteiger partial charge in [-0.3, -0.25) is 9.59 Å². The second-order valence-corrected chi connectivity index (χ2v) is 7.43. The number of carbonyl (C=O) groups is 3. The predicted molar refractivity (Wildman–Crippen MR) is 106 cm³/mol. The van der Waals surface area contributed by atoms with Crippen molar-refractivity contribution in [2.45, 2.75) is 39.0 Å². The maximum absolute atomic E-state index is 12.6. The molecule has 0 aromatic heterocycles. The van der Waals surface area contributed by atoms with Gasteiger partial charge in [-0.1, -0.05) is 12.1 Å². The molecule has 3 rings (SSSR count). The second-order valence-electron chi connectivity index (χ2n) is 7.43. The van der Waals surface area contributed by atoms with Gasteiger partial charge in [0.2, 0.25) is 5.91 Å². The Morgan fingerprint density at radius 2 is 1.71 bits per heavy atom. The number of amides is 3. The molecule has 2 saturated heterocycles. The highest BCUT2D eigenvalue weighted by Gasteiger charge is 2.32. The SMILES string of the molecule is CCOC(=O)Cc1ccc(NC(=O)N2CCCC(C(=O)N3CCCC3)C2)cc1. The summed E-state index contributed by atoms with van der Waals surface area (Å²) in [7, 11) is 0. The van der Waals surface area contributed by atoms with E-state index in [1.165, 1.54) is 0 Å². The van der Waals surface area contributed by atoms with Crippen molar-refractivity contribution in [3.8, 4) is 0 Å². The molecule has 7 nitrogen and oxygen atoms in total. The number of urea groups is 1. The molecular formula is C21H29N3O4. The number of piperidine rings is 1. The van der Waals surface area contributed by atoms with Crippen molar-refractivity contribution >= 4 is 23.6 Å². The third-order valence-corrected chi connectivity index (χ3v) is 5.33. The number of rotatable bonds is 5. The molecule has 3 amide bonds. The Balaban J connectivity index is 1.52. The number of ether oxygens (including phenoxy) is 1. The van der Waals surface area contributed by atoms with Crippen LogP contribution in [0, 0.1) is 5.92 Å². The van der Waals surface area contributed by atoms with Gasteiger partial charge < -0.3 is 19.9 Å². The summed E-state index contributed by atoms with van der Waals surface area (Å²) in [5, 5.41) is 2.89. The van der Waals surface area contributed by atoms with Crippen molar-refractivity contribution < 1.29 is 19.1 Å². The Bertz CT molecular complexity index is 698. The van der Waals surface area contributed by atoms with Crippen LogP contribution in [0.5, 0.6) is 0 Å². The van der Waals surface area contributed by atoms with E-state index in [1.807, 2.05) is 17.0 Å². The maximum atomic E-state index is 12.6. The van der Waals surface area contributed by atoms with E-state index in [1.54, 1.807) is 24.0 Å². The predicted octanol–water partition coefficient (Wildman–Crippen LogP) is 2.66. The van der Waals surface area contributed by atoms with Gasteiger partial charge in [-0.05, 0) is 50.3 Å². The van der Waals surface area contributed by atoms with Crippen molar-refractivity contribution in [2.75, 3.05) is 38.1 Å². The first-order chi connectivity index (χ1) is 13.6. The Morgan fingerprint density at radius 3 is 2.39 bits per heavy atom. The van der Waals surface area contributed by atoms with Gasteiger partial charge in [0, 0.05) is 31.9 Å². The van der Waals surface area contributed by atoms with Crippen molar-refractivity contribution in [1.82, 2.24) is 9.80 Å². The summed E-state index contributed by atoms with van der Waals surface area (Å²) in [5.74, 6) is -0.163. The van der Waals surface area contributed by atoms with Crippen LogP contribution in [-0.4, -0.2) is 60.5 Å². The molecule has 0 saturated carbocycles. The number of likely N-dealkylation sites (tertiary alicyclic amines) is 2. The van der Waals surface area contributed by atoms with Gasteiger partial charge in [-0.15, -0.1) is 0 Å². The Morgan fingerprint density at radius 1 is 1.04 bits per heavy atom. The van der Waals surface area contributed by atoms with E-state index in [-0.39, 0.29) is 30.2 Å². The first-order valence-electron chi connectivity index (χ1n) is 10.2. The standard InChI is InChI=1S/C21H29N3O4/c1-2-28-19(25)14-16-7-9-18(10-8-16)22-21(27)24-13-5-6-17(15-24)20(26)23-11-3-4-12-23/h7-10,17H,2-6,11-15H2,1H3,(H,22,27). The summed E-state index contributed by atoms with van der Waals surface area (Å²) in [6.45, 7) is 4.97. The minimum atomic E-state index is -0.263. The zero-order valence-corrected chi connectivity index (χ0v) is 16.5. The van der Waals surface area contributed by atoms with Crippen LogP contribution in [0.15, 0.2) is 24.3 Å². The lowest BCUT2D eigenvalue weighted by atomic mass is 9.97. The van der Waals surface area contributed by atoms with Crippen molar-refractivity contribution in [1.29, 1.82) is 0 Å². The lowest BCUT2D eigenvalue weighted by Gasteiger charge is -2.33. The summed E-state index contributed by atoms with van der Waals surface area (Å²) in [6.07, 6.45) is 4.07. The van der Waals surface area contributed by atoms with Crippen LogP contribution in [-0.2, 0) is 20.7 Å². The van der Waals surface area contributed by atoms with Gasteiger partial charge >= 0.3 is 12.0 Å². The fraction of sp³-hybridized carbons (Fsp3) is 0.571. The minimum absolute atomic E-state index is 0.0930. The van der Waals surface area contributed by atoms with Crippen LogP contribution in [0.2, 0.25) is 0 Å². The topological polar surface area (TPSA) is 79.0 Å². The third-order valence-electron chi connectivity index (χ3n) is 5.33. The van der Waals surface area contributed by atoms with Crippen LogP contribution in [0.25, 0.3) is 0 Å². The van der Waals surface area contributed by atoms with Gasteiger partial charge in [0.25, 0.3) is 0 Å². The molecular weight excluding hydrogens is 358 g/mol. The molecule has 1 aromatic carbocycles. The summed E-state index contributed by atoms with van der Waals surface area (Å²) >= 11 is 0. The van der Waals surface area contributed by atoms with Crippen molar-refractivity contribution in [2.24, 2.45) is 5.92 Å². The molecule has 2 aliphatic rings. The average Bonchev–Trinajstić information content (AvgIpc) is 3.24. The monoisotopic (exact) mass is 387 g/mol. The Hall–Kier alpha value is -2.57. The molecule has 0 aliphatic carbocycles. The van der Waals surface area contributed by atoms with Crippen LogP contribution in [0.4, 0.5) is 10.5 Å². The van der Waals surface area contributed by atoms with Gasteiger partial charge in [0.15, 0.2) is 0 Å². The molecule has 1 N–H and O–H groups in total. The Labute approximate surface area is 166 Å². The molecule has 152 valence electrons. The van der Waals surface area contributed by atoms with E-state index in [2.05, 4.69) is 5.32 Å². The zero-order valence-electron chi connectivity index (χ0n) is 16.5. The van der Waals surface area contributed by atoms with E-state index in [4.69, 9.17) is 4.74 Å². The molecule has 0 bridgehead atoms. The zero-order chi connectivity index (χ0) is 19.9. The number of nitrogens with zero attached hydrogens (tertiary/aromatic N) is 2. The van der Waals surface area contributed by atoms with E-state index >= 15 is 0 Å². The molecule has 7 heteroatoms. The smallest absolute Gasteiger partial charge is 0.321 e. The maximum Gasteiger partial charge on any atom is 0.321 e. The summed E-state index contributed by atoms with van der Waals surface area (Å²) in [6, 6.07) is 6.99. The third kappa shape index (κ3) is 5.24. The number of esters is 1. The molecule has 2 aliphatic heterocycles. The molecule has 0 spiro atoms. The quantitative estimate of drug-likeness (QED) is 0.788. The largest absolute Gasteiger partial charge is 0.466 e. The van der Waals surface area contributed by atoms with E-state index < -0.39 is 0 Å². The number of nitrogens with one attached hydrogen (secondary N) is 1. The Kier molecular flexibility index (Phi) is 6.90. The van der Waals surface area contributed by atoms with Gasteiger partial charge in [-0.25, -0.2) is 4.79 Å². The second kappa shape index (κ2) is 9.57. The molecule has 28 heavy (non-hydrogen) atoms. The van der Waals surface area contributed by atoms with Crippen LogP contribution in [0.1, 0.15) is 38.2 Å². The highest BCUT2D eigenvalue weighted by atomic mass is 16.5. The molecule has 0 radical (unpaired) electrons. The lowest BCUT2D eigenvalue weighted by molar-refractivity contribution is -0.142. The van der Waals surface area contributed by atoms with Crippen LogP contribution >= 0.6 is 0 Å². The molecule has 1 aromatic rings. The summed E-state index contributed by atoms with van der Waals surface area (Å²) in [4.78, 5) is 40.5. The number of benzene rings is 1.